The van der Waals surface area contributed by atoms with E-state index in [2.05, 4.69) is 75.1 Å². The number of hydrogen-bond acceptors (Lipinski definition) is 7. The normalized spacial score (nSPS) is 16.1. The number of methoxy groups -OCH3 is 1. The molecule has 0 atom stereocenters. The van der Waals surface area contributed by atoms with Crippen LogP contribution in [0.5, 0.6) is 5.88 Å². The molecule has 4 heterocycles. The molecule has 8 heteroatoms. The van der Waals surface area contributed by atoms with E-state index in [0.717, 1.165) is 70.3 Å². The zero-order chi connectivity index (χ0) is 24.8. The Kier molecular flexibility index (Phi) is 5.82. The van der Waals surface area contributed by atoms with E-state index in [1.807, 2.05) is 24.5 Å². The van der Waals surface area contributed by atoms with E-state index < -0.39 is 0 Å². The van der Waals surface area contributed by atoms with E-state index in [4.69, 9.17) is 21.3 Å². The Hall–Kier alpha value is -3.55. The Morgan fingerprint density at radius 2 is 1.64 bits per heavy atom. The Morgan fingerprint density at radius 3 is 2.36 bits per heavy atom. The lowest BCUT2D eigenvalue weighted by Gasteiger charge is -2.34. The molecule has 0 spiro atoms. The molecule has 2 aliphatic heterocycles. The van der Waals surface area contributed by atoms with Crippen molar-refractivity contribution in [3.05, 3.63) is 65.9 Å². The van der Waals surface area contributed by atoms with Gasteiger partial charge in [-0.05, 0) is 49.0 Å². The molecule has 0 saturated carbocycles. The van der Waals surface area contributed by atoms with Crippen LogP contribution in [0.1, 0.15) is 0 Å². The van der Waals surface area contributed by atoms with Crippen LogP contribution in [-0.4, -0.2) is 68.9 Å². The van der Waals surface area contributed by atoms with Crippen molar-refractivity contribution in [1.82, 2.24) is 14.9 Å². The van der Waals surface area contributed by atoms with Crippen LogP contribution >= 0.6 is 11.6 Å². The van der Waals surface area contributed by atoms with Gasteiger partial charge in [0.1, 0.15) is 0 Å². The third kappa shape index (κ3) is 3.98. The number of ether oxygens (including phenoxy) is 1. The van der Waals surface area contributed by atoms with Gasteiger partial charge in [-0.15, -0.1) is 0 Å². The Labute approximate surface area is 216 Å². The molecular weight excluding hydrogens is 472 g/mol. The van der Waals surface area contributed by atoms with E-state index in [-0.39, 0.29) is 0 Å². The molecule has 0 unspecified atom stereocenters. The maximum atomic E-state index is 6.95. The fourth-order valence-electron chi connectivity index (χ4n) is 5.11. The summed E-state index contributed by atoms with van der Waals surface area (Å²) in [4.78, 5) is 18.4. The summed E-state index contributed by atoms with van der Waals surface area (Å²) < 4.78 is 5.22. The van der Waals surface area contributed by atoms with Crippen molar-refractivity contribution in [2.24, 2.45) is 0 Å². The number of piperazine rings is 1. The van der Waals surface area contributed by atoms with Gasteiger partial charge in [0, 0.05) is 62.1 Å². The summed E-state index contributed by atoms with van der Waals surface area (Å²) in [6.45, 7) is 4.86. The van der Waals surface area contributed by atoms with E-state index in [9.17, 15) is 0 Å². The van der Waals surface area contributed by atoms with Gasteiger partial charge >= 0.3 is 0 Å². The van der Waals surface area contributed by atoms with Crippen LogP contribution in [0.15, 0.2) is 60.9 Å². The lowest BCUT2D eigenvalue weighted by atomic mass is 10.0. The minimum Gasteiger partial charge on any atom is -0.481 e. The van der Waals surface area contributed by atoms with Crippen LogP contribution in [0.4, 0.5) is 22.7 Å². The van der Waals surface area contributed by atoms with Crippen LogP contribution in [0.25, 0.3) is 22.0 Å². The highest BCUT2D eigenvalue weighted by atomic mass is 35.5. The Balaban J connectivity index is 1.40. The maximum absolute atomic E-state index is 6.95. The number of fused-ring (bicyclic) bond motifs is 3. The van der Waals surface area contributed by atoms with E-state index in [1.165, 1.54) is 5.69 Å². The van der Waals surface area contributed by atoms with Crippen molar-refractivity contribution in [2.75, 3.05) is 68.8 Å². The summed E-state index contributed by atoms with van der Waals surface area (Å²) >= 11 is 6.95. The lowest BCUT2D eigenvalue weighted by molar-refractivity contribution is 0.313. The largest absolute Gasteiger partial charge is 0.481 e. The van der Waals surface area contributed by atoms with Gasteiger partial charge in [-0.3, -0.25) is 4.98 Å². The average Bonchev–Trinajstić information content (AvgIpc) is 3.25. The summed E-state index contributed by atoms with van der Waals surface area (Å²) in [6, 6.07) is 16.7. The Morgan fingerprint density at radius 1 is 0.833 bits per heavy atom. The number of benzene rings is 2. The fraction of sp³-hybridized carbons (Fsp3) is 0.286. The maximum Gasteiger partial charge on any atom is 0.212 e. The van der Waals surface area contributed by atoms with Crippen molar-refractivity contribution in [2.45, 2.75) is 0 Å². The number of rotatable bonds is 4. The quantitative estimate of drug-likeness (QED) is 0.379. The van der Waals surface area contributed by atoms with Crippen LogP contribution in [0.3, 0.4) is 0 Å². The number of aromatic nitrogens is 2. The smallest absolute Gasteiger partial charge is 0.212 e. The zero-order valence-electron chi connectivity index (χ0n) is 20.8. The second-order valence-corrected chi connectivity index (χ2v) is 9.91. The summed E-state index contributed by atoms with van der Waals surface area (Å²) in [7, 11) is 5.89. The minimum absolute atomic E-state index is 0.601. The monoisotopic (exact) mass is 500 g/mol. The Bertz CT molecular complexity index is 1420. The molecule has 2 aromatic heterocycles. The van der Waals surface area contributed by atoms with Gasteiger partial charge in [0.25, 0.3) is 0 Å². The van der Waals surface area contributed by atoms with Gasteiger partial charge in [0.05, 0.1) is 47.6 Å². The molecule has 36 heavy (non-hydrogen) atoms. The SMILES string of the molecule is COc1ccc(-c2ccc3ncc4c(c3c2)N(c2ccc(N3CCN(C)CC3)cc2Cl)CN4C)cn1. The topological polar surface area (TPSA) is 48.0 Å². The van der Waals surface area contributed by atoms with Gasteiger partial charge in [0.15, 0.2) is 0 Å². The van der Waals surface area contributed by atoms with Crippen LogP contribution in [-0.2, 0) is 0 Å². The lowest BCUT2D eigenvalue weighted by Crippen LogP contribution is -2.44. The van der Waals surface area contributed by atoms with E-state index in [1.54, 1.807) is 7.11 Å². The molecule has 7 nitrogen and oxygen atoms in total. The number of hydrogen-bond donors (Lipinski definition) is 0. The first-order chi connectivity index (χ1) is 17.5. The number of anilines is 4. The second kappa shape index (κ2) is 9.15. The summed E-state index contributed by atoms with van der Waals surface area (Å²) in [5, 5.41) is 1.84. The van der Waals surface area contributed by atoms with Crippen molar-refractivity contribution >= 4 is 45.3 Å². The minimum atomic E-state index is 0.601. The number of likely N-dealkylation sites (N-methyl/N-ethyl adjacent to an activating group) is 1. The van der Waals surface area contributed by atoms with Gasteiger partial charge in [-0.1, -0.05) is 17.7 Å². The van der Waals surface area contributed by atoms with Crippen LogP contribution < -0.4 is 19.4 Å². The van der Waals surface area contributed by atoms with Crippen molar-refractivity contribution < 1.29 is 4.74 Å². The first-order valence-electron chi connectivity index (χ1n) is 12.2. The molecule has 0 N–H and O–H groups in total. The number of nitrogens with zero attached hydrogens (tertiary/aromatic N) is 6. The van der Waals surface area contributed by atoms with Crippen molar-refractivity contribution in [3.63, 3.8) is 0 Å². The summed E-state index contributed by atoms with van der Waals surface area (Å²) in [6.07, 6.45) is 3.80. The molecule has 0 amide bonds. The summed E-state index contributed by atoms with van der Waals surface area (Å²) in [5.41, 5.74) is 7.46. The number of pyridine rings is 2. The molecule has 0 aliphatic carbocycles. The second-order valence-electron chi connectivity index (χ2n) is 9.51. The highest BCUT2D eigenvalue weighted by Crippen LogP contribution is 2.47. The molecule has 4 aromatic rings. The van der Waals surface area contributed by atoms with E-state index >= 15 is 0 Å². The van der Waals surface area contributed by atoms with Crippen LogP contribution in [0, 0.1) is 0 Å². The molecule has 1 saturated heterocycles. The van der Waals surface area contributed by atoms with Crippen molar-refractivity contribution in [1.29, 1.82) is 0 Å². The predicted octanol–water partition coefficient (Wildman–Crippen LogP) is 5.26. The van der Waals surface area contributed by atoms with Gasteiger partial charge in [-0.2, -0.15) is 0 Å². The molecule has 2 aromatic carbocycles. The van der Waals surface area contributed by atoms with Crippen LogP contribution in [0.2, 0.25) is 5.02 Å². The third-order valence-electron chi connectivity index (χ3n) is 7.22. The predicted molar refractivity (Wildman–Crippen MR) is 148 cm³/mol. The molecule has 184 valence electrons. The zero-order valence-corrected chi connectivity index (χ0v) is 21.5. The molecule has 0 radical (unpaired) electrons. The highest BCUT2D eigenvalue weighted by molar-refractivity contribution is 6.34. The summed E-state index contributed by atoms with van der Waals surface area (Å²) in [5.74, 6) is 0.601. The third-order valence-corrected chi connectivity index (χ3v) is 7.53. The highest BCUT2D eigenvalue weighted by Gasteiger charge is 2.29. The molecular formula is C28H29ClN6O. The number of halogens is 1. The molecule has 0 bridgehead atoms. The van der Waals surface area contributed by atoms with Gasteiger partial charge < -0.3 is 24.3 Å². The average molecular weight is 501 g/mol. The standard InChI is InChI=1S/C28H29ClN6O/c1-32-10-12-34(13-11-32)21-6-8-25(23(29)15-21)35-18-33(2)26-17-30-24-7-4-19(14-22(24)28(26)35)20-5-9-27(36-3)31-16-20/h4-9,14-17H,10-13,18H2,1-3H3. The van der Waals surface area contributed by atoms with Crippen molar-refractivity contribution in [3.8, 4) is 17.0 Å². The van der Waals surface area contributed by atoms with E-state index in [0.29, 0.717) is 12.5 Å². The molecule has 6 rings (SSSR count). The molecule has 2 aliphatic rings. The first-order valence-corrected chi connectivity index (χ1v) is 12.5. The fourth-order valence-corrected chi connectivity index (χ4v) is 5.39. The van der Waals surface area contributed by atoms with Gasteiger partial charge in [0.2, 0.25) is 5.88 Å². The van der Waals surface area contributed by atoms with Gasteiger partial charge in [-0.25, -0.2) is 4.98 Å². The first kappa shape index (κ1) is 22.9. The molecule has 1 fully saturated rings.